The summed E-state index contributed by atoms with van der Waals surface area (Å²) in [7, 11) is 0. The molecule has 3 rings (SSSR count). The molecule has 3 aromatic rings. The van der Waals surface area contributed by atoms with E-state index in [0.717, 1.165) is 4.47 Å². The molecule has 6 nitrogen and oxygen atoms in total. The van der Waals surface area contributed by atoms with Crippen molar-refractivity contribution in [3.8, 4) is 11.6 Å². The van der Waals surface area contributed by atoms with E-state index in [1.807, 2.05) is 6.07 Å². The number of azo groups is 1. The van der Waals surface area contributed by atoms with Crippen molar-refractivity contribution in [2.24, 2.45) is 10.2 Å². The van der Waals surface area contributed by atoms with Crippen LogP contribution in [0.25, 0.3) is 10.9 Å². The van der Waals surface area contributed by atoms with Gasteiger partial charge in [0.25, 0.3) is 0 Å². The fourth-order valence-electron chi connectivity index (χ4n) is 2.23. The molecule has 2 N–H and O–H groups in total. The van der Waals surface area contributed by atoms with Crippen LogP contribution < -0.4 is 4.74 Å². The number of ether oxygens (including phenoxy) is 1. The van der Waals surface area contributed by atoms with Gasteiger partial charge in [-0.3, -0.25) is 4.79 Å². The Morgan fingerprint density at radius 2 is 2.04 bits per heavy atom. The van der Waals surface area contributed by atoms with Gasteiger partial charge in [0.2, 0.25) is 5.88 Å². The average Bonchev–Trinajstić information content (AvgIpc) is 2.89. The van der Waals surface area contributed by atoms with Gasteiger partial charge in [-0.25, -0.2) is 0 Å². The number of fused-ring (bicyclic) bond motifs is 1. The molecule has 1 aromatic heterocycles. The number of H-pyrrole nitrogens is 1. The van der Waals surface area contributed by atoms with Gasteiger partial charge in [0.05, 0.1) is 10.5 Å². The van der Waals surface area contributed by atoms with Crippen LogP contribution in [0.2, 0.25) is 10.0 Å². The van der Waals surface area contributed by atoms with Gasteiger partial charge in [0.15, 0.2) is 11.8 Å². The van der Waals surface area contributed by atoms with Gasteiger partial charge in [-0.05, 0) is 43.3 Å². The summed E-state index contributed by atoms with van der Waals surface area (Å²) in [5, 5.41) is 18.9. The first-order chi connectivity index (χ1) is 12.3. The summed E-state index contributed by atoms with van der Waals surface area (Å²) in [6, 6.07) is 10.0. The monoisotopic (exact) mass is 455 g/mol. The molecular formula is C17H12BrCl2N3O3. The molecule has 1 atom stereocenters. The Morgan fingerprint density at radius 1 is 1.27 bits per heavy atom. The molecule has 134 valence electrons. The Kier molecular flexibility index (Phi) is 5.50. The van der Waals surface area contributed by atoms with Gasteiger partial charge in [-0.15, -0.1) is 10.2 Å². The minimum atomic E-state index is -0.920. The Labute approximate surface area is 166 Å². The Bertz CT molecular complexity index is 1020. The lowest BCUT2D eigenvalue weighted by atomic mass is 10.2. The molecule has 0 unspecified atom stereocenters. The van der Waals surface area contributed by atoms with E-state index in [1.165, 1.54) is 13.0 Å². The third-order valence-corrected chi connectivity index (χ3v) is 4.53. The Balaban J connectivity index is 1.79. The smallest absolute Gasteiger partial charge is 0.304 e. The van der Waals surface area contributed by atoms with Crippen LogP contribution in [0.5, 0.6) is 11.6 Å². The number of halogens is 3. The van der Waals surface area contributed by atoms with Crippen LogP contribution in [0.15, 0.2) is 51.1 Å². The number of rotatable bonds is 4. The number of amides is 1. The Hall–Kier alpha value is -2.09. The van der Waals surface area contributed by atoms with Crippen molar-refractivity contribution >= 4 is 61.6 Å². The molecule has 0 fully saturated rings. The van der Waals surface area contributed by atoms with Crippen molar-refractivity contribution in [1.29, 1.82) is 0 Å². The number of nitrogens with one attached hydrogen (secondary N) is 1. The molecule has 0 aliphatic rings. The molecule has 0 bridgehead atoms. The molecule has 0 radical (unpaired) electrons. The Morgan fingerprint density at radius 3 is 2.77 bits per heavy atom. The van der Waals surface area contributed by atoms with Crippen LogP contribution in [0.3, 0.4) is 0 Å². The van der Waals surface area contributed by atoms with E-state index >= 15 is 0 Å². The number of benzene rings is 2. The molecule has 26 heavy (non-hydrogen) atoms. The molecule has 9 heteroatoms. The quantitative estimate of drug-likeness (QED) is 0.470. The van der Waals surface area contributed by atoms with E-state index < -0.39 is 12.0 Å². The molecule has 1 heterocycles. The van der Waals surface area contributed by atoms with E-state index in [0.29, 0.717) is 21.7 Å². The first kappa shape index (κ1) is 18.7. The number of hydrogen-bond acceptors (Lipinski definition) is 4. The van der Waals surface area contributed by atoms with Gasteiger partial charge in [-0.2, -0.15) is 0 Å². The number of carbonyl (C=O) groups is 1. The lowest BCUT2D eigenvalue weighted by Gasteiger charge is -2.12. The third kappa shape index (κ3) is 4.00. The first-order valence-corrected chi connectivity index (χ1v) is 8.97. The lowest BCUT2D eigenvalue weighted by molar-refractivity contribution is -0.124. The standard InChI is InChI=1S/C17H12BrCl2N3O3/c1-8(26-14-5-3-10(19)7-12(14)20)16(24)23-22-15-11-6-9(18)2-4-13(11)21-17(15)25/h2-8,21,25H,1H3/t8-/m1/s1. The zero-order valence-electron chi connectivity index (χ0n) is 13.3. The second-order valence-electron chi connectivity index (χ2n) is 5.39. The first-order valence-electron chi connectivity index (χ1n) is 7.42. The lowest BCUT2D eigenvalue weighted by Crippen LogP contribution is -2.21. The number of carbonyl (C=O) groups excluding carboxylic acids is 1. The number of hydrogen-bond donors (Lipinski definition) is 2. The highest BCUT2D eigenvalue weighted by Gasteiger charge is 2.17. The van der Waals surface area contributed by atoms with Crippen LogP contribution in [0, 0.1) is 0 Å². The van der Waals surface area contributed by atoms with Gasteiger partial charge in [0.1, 0.15) is 5.75 Å². The topological polar surface area (TPSA) is 87.0 Å². The fraction of sp³-hybridized carbons (Fsp3) is 0.118. The molecule has 0 aliphatic heterocycles. The summed E-state index contributed by atoms with van der Waals surface area (Å²) in [5.41, 5.74) is 0.843. The fourth-order valence-corrected chi connectivity index (χ4v) is 3.04. The van der Waals surface area contributed by atoms with Crippen LogP contribution in [-0.4, -0.2) is 22.1 Å². The van der Waals surface area contributed by atoms with Crippen molar-refractivity contribution < 1.29 is 14.6 Å². The second-order valence-corrected chi connectivity index (χ2v) is 7.14. The van der Waals surface area contributed by atoms with E-state index in [-0.39, 0.29) is 16.6 Å². The van der Waals surface area contributed by atoms with Gasteiger partial charge in [-0.1, -0.05) is 39.1 Å². The molecule has 0 spiro atoms. The molecule has 0 aliphatic carbocycles. The maximum Gasteiger partial charge on any atom is 0.304 e. The maximum atomic E-state index is 12.2. The van der Waals surface area contributed by atoms with Gasteiger partial charge >= 0.3 is 5.91 Å². The zero-order valence-corrected chi connectivity index (χ0v) is 16.4. The maximum absolute atomic E-state index is 12.2. The molecular weight excluding hydrogens is 445 g/mol. The summed E-state index contributed by atoms with van der Waals surface area (Å²) in [6.07, 6.45) is -0.920. The average molecular weight is 457 g/mol. The largest absolute Gasteiger partial charge is 0.493 e. The molecule has 0 saturated carbocycles. The normalized spacial score (nSPS) is 12.6. The van der Waals surface area contributed by atoms with Crippen LogP contribution in [0.1, 0.15) is 6.92 Å². The summed E-state index contributed by atoms with van der Waals surface area (Å²) >= 11 is 15.2. The van der Waals surface area contributed by atoms with Gasteiger partial charge < -0.3 is 14.8 Å². The highest BCUT2D eigenvalue weighted by atomic mass is 79.9. The number of aromatic nitrogens is 1. The summed E-state index contributed by atoms with van der Waals surface area (Å²) in [6.45, 7) is 1.53. The molecule has 2 aromatic carbocycles. The van der Waals surface area contributed by atoms with Crippen molar-refractivity contribution in [3.05, 3.63) is 50.9 Å². The second kappa shape index (κ2) is 7.65. The number of aromatic hydroxyl groups is 1. The highest BCUT2D eigenvalue weighted by molar-refractivity contribution is 9.10. The van der Waals surface area contributed by atoms with E-state index in [2.05, 4.69) is 31.1 Å². The summed E-state index contributed by atoms with van der Waals surface area (Å²) in [5.74, 6) is -0.491. The summed E-state index contributed by atoms with van der Waals surface area (Å²) < 4.78 is 6.30. The summed E-state index contributed by atoms with van der Waals surface area (Å²) in [4.78, 5) is 14.9. The van der Waals surface area contributed by atoms with E-state index in [4.69, 9.17) is 27.9 Å². The molecule has 0 saturated heterocycles. The van der Waals surface area contributed by atoms with E-state index in [1.54, 1.807) is 24.3 Å². The number of aromatic amines is 1. The van der Waals surface area contributed by atoms with Crippen molar-refractivity contribution in [1.82, 2.24) is 4.98 Å². The van der Waals surface area contributed by atoms with Crippen molar-refractivity contribution in [2.45, 2.75) is 13.0 Å². The van der Waals surface area contributed by atoms with Crippen LogP contribution in [0.4, 0.5) is 5.69 Å². The number of nitrogens with zero attached hydrogens (tertiary/aromatic N) is 2. The SMILES string of the molecule is C[C@@H](Oc1ccc(Cl)cc1Cl)C(=O)N=Nc1c(O)[nH]c2ccc(Br)cc12. The zero-order chi connectivity index (χ0) is 18.8. The minimum absolute atomic E-state index is 0.173. The van der Waals surface area contributed by atoms with E-state index in [9.17, 15) is 9.90 Å². The predicted octanol–water partition coefficient (Wildman–Crippen LogP) is 6.02. The third-order valence-electron chi connectivity index (χ3n) is 3.51. The molecule has 1 amide bonds. The van der Waals surface area contributed by atoms with Gasteiger partial charge in [0, 0.05) is 14.9 Å². The van der Waals surface area contributed by atoms with Crippen molar-refractivity contribution in [2.75, 3.05) is 0 Å². The van der Waals surface area contributed by atoms with Crippen LogP contribution >= 0.6 is 39.1 Å². The van der Waals surface area contributed by atoms with Crippen molar-refractivity contribution in [3.63, 3.8) is 0 Å². The highest BCUT2D eigenvalue weighted by Crippen LogP contribution is 2.37. The predicted molar refractivity (Wildman–Crippen MR) is 104 cm³/mol. The van der Waals surface area contributed by atoms with Crippen LogP contribution in [-0.2, 0) is 4.79 Å². The minimum Gasteiger partial charge on any atom is -0.493 e.